The summed E-state index contributed by atoms with van der Waals surface area (Å²) in [5.74, 6) is 2.97. The van der Waals surface area contributed by atoms with Crippen molar-refractivity contribution in [1.29, 1.82) is 0 Å². The zero-order chi connectivity index (χ0) is 13.5. The van der Waals surface area contributed by atoms with Crippen LogP contribution in [0.5, 0.6) is 0 Å². The Labute approximate surface area is 112 Å². The number of nitrogens with one attached hydrogen (secondary N) is 1. The highest BCUT2D eigenvalue weighted by atomic mass is 32.2. The average molecular weight is 269 g/mol. The van der Waals surface area contributed by atoms with Crippen LogP contribution in [0.15, 0.2) is 12.3 Å². The van der Waals surface area contributed by atoms with Crippen LogP contribution in [0.3, 0.4) is 0 Å². The third kappa shape index (κ3) is 4.52. The fourth-order valence-electron chi connectivity index (χ4n) is 1.52. The molecule has 6 heteroatoms. The molecule has 1 rings (SSSR count). The van der Waals surface area contributed by atoms with Gasteiger partial charge < -0.3 is 5.32 Å². The summed E-state index contributed by atoms with van der Waals surface area (Å²) in [5, 5.41) is 13.9. The lowest BCUT2D eigenvalue weighted by atomic mass is 10.2. The molecular weight excluding hydrogens is 250 g/mol. The Kier molecular flexibility index (Phi) is 5.91. The lowest BCUT2D eigenvalue weighted by Crippen LogP contribution is -2.17. The number of hydrogen-bond acceptors (Lipinski definition) is 5. The second kappa shape index (κ2) is 7.20. The Hall–Kier alpha value is -1.30. The normalized spacial score (nSPS) is 12.2. The quantitative estimate of drug-likeness (QED) is 0.467. The topological polar surface area (TPSA) is 68.1 Å². The van der Waals surface area contributed by atoms with Crippen molar-refractivity contribution < 1.29 is 4.92 Å². The van der Waals surface area contributed by atoms with E-state index < -0.39 is 4.92 Å². The van der Waals surface area contributed by atoms with Crippen LogP contribution in [0.4, 0.5) is 11.5 Å². The molecule has 0 fully saturated rings. The predicted octanol–water partition coefficient (Wildman–Crippen LogP) is 3.24. The molecule has 0 aliphatic carbocycles. The van der Waals surface area contributed by atoms with Gasteiger partial charge in [0.25, 0.3) is 5.69 Å². The van der Waals surface area contributed by atoms with Gasteiger partial charge in [0.15, 0.2) is 0 Å². The van der Waals surface area contributed by atoms with E-state index in [9.17, 15) is 10.1 Å². The highest BCUT2D eigenvalue weighted by Crippen LogP contribution is 2.19. The minimum absolute atomic E-state index is 0.0345. The van der Waals surface area contributed by atoms with Crippen LogP contribution >= 0.6 is 11.8 Å². The highest BCUT2D eigenvalue weighted by molar-refractivity contribution is 7.99. The monoisotopic (exact) mass is 269 g/mol. The van der Waals surface area contributed by atoms with Gasteiger partial charge in [0.2, 0.25) is 0 Å². The fourth-order valence-corrected chi connectivity index (χ4v) is 2.33. The number of nitro groups is 1. The summed E-state index contributed by atoms with van der Waals surface area (Å²) < 4.78 is 0. The van der Waals surface area contributed by atoms with Crippen LogP contribution < -0.4 is 5.32 Å². The molecule has 0 aromatic carbocycles. The van der Waals surface area contributed by atoms with Gasteiger partial charge in [-0.1, -0.05) is 6.92 Å². The summed E-state index contributed by atoms with van der Waals surface area (Å²) in [6, 6.07) is 1.86. The maximum atomic E-state index is 10.6. The average Bonchev–Trinajstić information content (AvgIpc) is 2.32. The summed E-state index contributed by atoms with van der Waals surface area (Å²) in [7, 11) is 0. The third-order valence-electron chi connectivity index (χ3n) is 2.56. The number of thioether (sulfide) groups is 1. The van der Waals surface area contributed by atoms with Crippen LogP contribution in [0, 0.1) is 17.0 Å². The molecule has 0 radical (unpaired) electrons. The van der Waals surface area contributed by atoms with E-state index >= 15 is 0 Å². The summed E-state index contributed by atoms with van der Waals surface area (Å²) in [6.07, 6.45) is 2.35. The number of aryl methyl sites for hydroxylation is 1. The standard InChI is InChI=1S/C12H19N3O2S/c1-4-18-6-5-10(3)14-12-9(2)7-11(8-13-12)15(16)17/h7-8,10H,4-6H2,1-3H3,(H,13,14). The lowest BCUT2D eigenvalue weighted by molar-refractivity contribution is -0.385. The second-order valence-electron chi connectivity index (χ2n) is 4.15. The Morgan fingerprint density at radius 1 is 1.61 bits per heavy atom. The molecule has 0 amide bonds. The van der Waals surface area contributed by atoms with Crippen molar-refractivity contribution in [2.45, 2.75) is 33.2 Å². The first kappa shape index (κ1) is 14.8. The van der Waals surface area contributed by atoms with E-state index in [1.54, 1.807) is 6.07 Å². The first-order chi connectivity index (χ1) is 8.54. The number of nitrogens with zero attached hydrogens (tertiary/aromatic N) is 2. The van der Waals surface area contributed by atoms with Gasteiger partial charge in [0, 0.05) is 12.1 Å². The van der Waals surface area contributed by atoms with E-state index in [4.69, 9.17) is 0 Å². The number of anilines is 1. The summed E-state index contributed by atoms with van der Waals surface area (Å²) >= 11 is 1.91. The van der Waals surface area contributed by atoms with Gasteiger partial charge >= 0.3 is 0 Å². The lowest BCUT2D eigenvalue weighted by Gasteiger charge is -2.15. The molecular formula is C12H19N3O2S. The van der Waals surface area contributed by atoms with E-state index in [0.29, 0.717) is 6.04 Å². The van der Waals surface area contributed by atoms with E-state index in [2.05, 4.69) is 24.1 Å². The Morgan fingerprint density at radius 3 is 2.89 bits per heavy atom. The van der Waals surface area contributed by atoms with Gasteiger partial charge in [0.05, 0.1) is 4.92 Å². The molecule has 18 heavy (non-hydrogen) atoms. The molecule has 1 heterocycles. The predicted molar refractivity (Wildman–Crippen MR) is 76.3 cm³/mol. The molecule has 0 spiro atoms. The highest BCUT2D eigenvalue weighted by Gasteiger charge is 2.11. The maximum Gasteiger partial charge on any atom is 0.287 e. The van der Waals surface area contributed by atoms with Crippen molar-refractivity contribution in [3.05, 3.63) is 27.9 Å². The van der Waals surface area contributed by atoms with Crippen LogP contribution in [-0.2, 0) is 0 Å². The van der Waals surface area contributed by atoms with Gasteiger partial charge in [-0.25, -0.2) is 4.98 Å². The van der Waals surface area contributed by atoms with Gasteiger partial charge in [0.1, 0.15) is 12.0 Å². The van der Waals surface area contributed by atoms with Crippen LogP contribution in [0.2, 0.25) is 0 Å². The van der Waals surface area contributed by atoms with Crippen molar-refractivity contribution in [3.63, 3.8) is 0 Å². The van der Waals surface area contributed by atoms with E-state index in [1.807, 2.05) is 18.7 Å². The van der Waals surface area contributed by atoms with Crippen molar-refractivity contribution >= 4 is 23.3 Å². The molecule has 0 aliphatic rings. The van der Waals surface area contributed by atoms with Crippen molar-refractivity contribution in [1.82, 2.24) is 4.98 Å². The Balaban J connectivity index is 2.59. The van der Waals surface area contributed by atoms with Gasteiger partial charge in [-0.2, -0.15) is 11.8 Å². The molecule has 1 N–H and O–H groups in total. The molecule has 1 atom stereocenters. The maximum absolute atomic E-state index is 10.6. The zero-order valence-electron chi connectivity index (χ0n) is 11.0. The smallest absolute Gasteiger partial charge is 0.287 e. The molecule has 1 aromatic rings. The van der Waals surface area contributed by atoms with Crippen molar-refractivity contribution in [2.24, 2.45) is 0 Å². The second-order valence-corrected chi connectivity index (χ2v) is 5.54. The fraction of sp³-hybridized carbons (Fsp3) is 0.583. The number of aromatic nitrogens is 1. The first-order valence-corrected chi connectivity index (χ1v) is 7.15. The third-order valence-corrected chi connectivity index (χ3v) is 3.49. The molecule has 1 aromatic heterocycles. The van der Waals surface area contributed by atoms with Gasteiger partial charge in [-0.05, 0) is 37.3 Å². The Bertz CT molecular complexity index is 412. The molecule has 100 valence electrons. The van der Waals surface area contributed by atoms with Crippen LogP contribution in [-0.4, -0.2) is 27.5 Å². The number of hydrogen-bond donors (Lipinski definition) is 1. The molecule has 1 unspecified atom stereocenters. The first-order valence-electron chi connectivity index (χ1n) is 6.00. The van der Waals surface area contributed by atoms with Crippen molar-refractivity contribution in [3.8, 4) is 0 Å². The molecule has 0 saturated heterocycles. The largest absolute Gasteiger partial charge is 0.367 e. The van der Waals surface area contributed by atoms with E-state index in [1.165, 1.54) is 6.20 Å². The molecule has 0 bridgehead atoms. The number of rotatable bonds is 7. The summed E-state index contributed by atoms with van der Waals surface area (Å²) in [6.45, 7) is 6.07. The molecule has 0 aliphatic heterocycles. The zero-order valence-corrected chi connectivity index (χ0v) is 11.8. The van der Waals surface area contributed by atoms with Gasteiger partial charge in [-0.15, -0.1) is 0 Å². The van der Waals surface area contributed by atoms with E-state index in [-0.39, 0.29) is 5.69 Å². The minimum Gasteiger partial charge on any atom is -0.367 e. The SMILES string of the molecule is CCSCCC(C)Nc1ncc([N+](=O)[O-])cc1C. The molecule has 5 nitrogen and oxygen atoms in total. The summed E-state index contributed by atoms with van der Waals surface area (Å²) in [4.78, 5) is 14.3. The van der Waals surface area contributed by atoms with Crippen LogP contribution in [0.25, 0.3) is 0 Å². The molecule has 0 saturated carbocycles. The summed E-state index contributed by atoms with van der Waals surface area (Å²) in [5.41, 5.74) is 0.839. The number of pyridine rings is 1. The van der Waals surface area contributed by atoms with Crippen LogP contribution in [0.1, 0.15) is 25.8 Å². The Morgan fingerprint density at radius 2 is 2.33 bits per heavy atom. The van der Waals surface area contributed by atoms with Crippen molar-refractivity contribution in [2.75, 3.05) is 16.8 Å². The minimum atomic E-state index is -0.425. The van der Waals surface area contributed by atoms with Gasteiger partial charge in [-0.3, -0.25) is 10.1 Å². The van der Waals surface area contributed by atoms with E-state index in [0.717, 1.165) is 29.3 Å².